The highest BCUT2D eigenvalue weighted by Gasteiger charge is 1.78. The van der Waals surface area contributed by atoms with Gasteiger partial charge >= 0.3 is 0 Å². The monoisotopic (exact) mass is 142 g/mol. The second-order valence-corrected chi connectivity index (χ2v) is 1.59. The van der Waals surface area contributed by atoms with Gasteiger partial charge < -0.3 is 0 Å². The van der Waals surface area contributed by atoms with Crippen molar-refractivity contribution in [3.8, 4) is 0 Å². The summed E-state index contributed by atoms with van der Waals surface area (Å²) in [4.78, 5) is 7.70. The number of rotatable bonds is 2. The molecule has 0 aromatic rings. The molecule has 0 bridgehead atoms. The second-order valence-electron chi connectivity index (χ2n) is 1.59. The molecule has 2 heteroatoms. The summed E-state index contributed by atoms with van der Waals surface area (Å²) in [5.41, 5.74) is 1.12. The average Bonchev–Trinajstić information content (AvgIpc) is 2.04. The van der Waals surface area contributed by atoms with E-state index in [1.807, 2.05) is 20.8 Å². The van der Waals surface area contributed by atoms with Crippen molar-refractivity contribution in [2.24, 2.45) is 9.98 Å². The maximum absolute atomic E-state index is 3.99. The Morgan fingerprint density at radius 3 is 2.20 bits per heavy atom. The van der Waals surface area contributed by atoms with Gasteiger partial charge in [-0.3, -0.25) is 4.99 Å². The van der Waals surface area contributed by atoms with E-state index in [1.54, 1.807) is 13.4 Å². The fourth-order valence-electron chi connectivity index (χ4n) is 0.248. The van der Waals surface area contributed by atoms with Gasteiger partial charge in [-0.2, -0.15) is 0 Å². The average molecular weight is 142 g/mol. The molecular weight excluding hydrogens is 124 g/mol. The fourth-order valence-corrected chi connectivity index (χ4v) is 0.248. The Morgan fingerprint density at radius 2 is 1.90 bits per heavy atom. The fraction of sp³-hybridized carbons (Fsp3) is 0.750. The van der Waals surface area contributed by atoms with Gasteiger partial charge in [0, 0.05) is 12.8 Å². The molecule has 0 N–H and O–H groups in total. The summed E-state index contributed by atoms with van der Waals surface area (Å²) in [5, 5.41) is 0. The van der Waals surface area contributed by atoms with Crippen molar-refractivity contribution in [3.63, 3.8) is 0 Å². The number of aliphatic imine (C=N–C) groups is 2. The first-order valence-electron chi connectivity index (χ1n) is 3.75. The predicted molar refractivity (Wildman–Crippen MR) is 49.2 cm³/mol. The van der Waals surface area contributed by atoms with Crippen LogP contribution in [0.2, 0.25) is 0 Å². The summed E-state index contributed by atoms with van der Waals surface area (Å²) in [5.74, 6) is 0. The van der Waals surface area contributed by atoms with Crippen molar-refractivity contribution in [1.82, 2.24) is 0 Å². The molecule has 0 aliphatic carbocycles. The van der Waals surface area contributed by atoms with Crippen molar-refractivity contribution >= 4 is 12.1 Å². The number of hydrogen-bond acceptors (Lipinski definition) is 1. The summed E-state index contributed by atoms with van der Waals surface area (Å²) in [6.07, 6.45) is 2.57. The Morgan fingerprint density at radius 1 is 1.40 bits per heavy atom. The molecule has 0 fully saturated rings. The molecule has 0 aromatic heterocycles. The lowest BCUT2D eigenvalue weighted by molar-refractivity contribution is 1.26. The topological polar surface area (TPSA) is 24.7 Å². The summed E-state index contributed by atoms with van der Waals surface area (Å²) >= 11 is 0. The third kappa shape index (κ3) is 10.3. The number of nitrogens with zero attached hydrogens (tertiary/aromatic N) is 2. The van der Waals surface area contributed by atoms with Crippen LogP contribution >= 0.6 is 0 Å². The van der Waals surface area contributed by atoms with E-state index in [0.29, 0.717) is 0 Å². The zero-order valence-corrected chi connectivity index (χ0v) is 7.68. The molecule has 2 nitrogen and oxygen atoms in total. The molecule has 0 rings (SSSR count). The van der Waals surface area contributed by atoms with E-state index in [2.05, 4.69) is 16.9 Å². The smallest absolute Gasteiger partial charge is 0.109 e. The van der Waals surface area contributed by atoms with Crippen LogP contribution in [0.5, 0.6) is 0 Å². The van der Waals surface area contributed by atoms with Gasteiger partial charge in [-0.25, -0.2) is 4.99 Å². The second kappa shape index (κ2) is 11.2. The molecule has 0 aliphatic rings. The van der Waals surface area contributed by atoms with E-state index in [4.69, 9.17) is 0 Å². The molecule has 0 unspecified atom stereocenters. The highest BCUT2D eigenvalue weighted by atomic mass is 14.8. The van der Waals surface area contributed by atoms with E-state index in [-0.39, 0.29) is 0 Å². The van der Waals surface area contributed by atoms with Crippen LogP contribution in [0.15, 0.2) is 9.98 Å². The largest absolute Gasteiger partial charge is 0.277 e. The van der Waals surface area contributed by atoms with E-state index in [9.17, 15) is 0 Å². The van der Waals surface area contributed by atoms with Crippen LogP contribution in [0.3, 0.4) is 0 Å². The first-order valence-corrected chi connectivity index (χ1v) is 3.75. The van der Waals surface area contributed by atoms with E-state index >= 15 is 0 Å². The van der Waals surface area contributed by atoms with E-state index < -0.39 is 0 Å². The molecule has 0 saturated carbocycles. The van der Waals surface area contributed by atoms with Gasteiger partial charge in [-0.05, 0) is 13.3 Å². The minimum Gasteiger partial charge on any atom is -0.277 e. The van der Waals surface area contributed by atoms with E-state index in [0.717, 1.165) is 12.1 Å². The lowest BCUT2D eigenvalue weighted by atomic mass is 10.3. The molecule has 0 radical (unpaired) electrons. The van der Waals surface area contributed by atoms with Gasteiger partial charge in [-0.1, -0.05) is 20.8 Å². The molecule has 0 aliphatic heterocycles. The van der Waals surface area contributed by atoms with Crippen LogP contribution in [-0.2, 0) is 0 Å². The third-order valence-corrected chi connectivity index (χ3v) is 0.905. The Kier molecular flexibility index (Phi) is 13.5. The van der Waals surface area contributed by atoms with Crippen molar-refractivity contribution in [3.05, 3.63) is 0 Å². The minimum atomic E-state index is 1.01. The Labute approximate surface area is 64.1 Å². The summed E-state index contributed by atoms with van der Waals surface area (Å²) in [6.45, 7) is 8.06. The van der Waals surface area contributed by atoms with Gasteiger partial charge in [0.25, 0.3) is 0 Å². The van der Waals surface area contributed by atoms with Gasteiger partial charge in [0.05, 0.1) is 0 Å². The molecule has 0 atom stereocenters. The molecular formula is C8H18N2. The van der Waals surface area contributed by atoms with Crippen LogP contribution in [0.25, 0.3) is 0 Å². The Hall–Kier alpha value is -0.660. The van der Waals surface area contributed by atoms with Gasteiger partial charge in [0.1, 0.15) is 6.34 Å². The maximum Gasteiger partial charge on any atom is 0.109 e. The predicted octanol–water partition coefficient (Wildman–Crippen LogP) is 2.54. The zero-order valence-electron chi connectivity index (χ0n) is 7.68. The zero-order chi connectivity index (χ0) is 8.41. The summed E-state index contributed by atoms with van der Waals surface area (Å²) < 4.78 is 0. The molecule has 10 heavy (non-hydrogen) atoms. The van der Waals surface area contributed by atoms with E-state index in [1.165, 1.54) is 0 Å². The van der Waals surface area contributed by atoms with Crippen molar-refractivity contribution in [2.45, 2.75) is 34.1 Å². The lowest BCUT2D eigenvalue weighted by Gasteiger charge is -1.85. The molecule has 0 heterocycles. The van der Waals surface area contributed by atoms with Crippen LogP contribution in [0, 0.1) is 0 Å². The third-order valence-electron chi connectivity index (χ3n) is 0.905. The highest BCUT2D eigenvalue weighted by molar-refractivity contribution is 5.88. The molecule has 0 amide bonds. The van der Waals surface area contributed by atoms with Crippen molar-refractivity contribution in [2.75, 3.05) is 7.05 Å². The summed E-state index contributed by atoms with van der Waals surface area (Å²) in [7, 11) is 1.71. The SMILES string of the molecule is CC.CCC(C)=NC=NC. The Balaban J connectivity index is 0. The Bertz CT molecular complexity index is 104. The highest BCUT2D eigenvalue weighted by Crippen LogP contribution is 1.80. The number of hydrogen-bond donors (Lipinski definition) is 0. The molecule has 0 saturated heterocycles. The van der Waals surface area contributed by atoms with Gasteiger partial charge in [0.15, 0.2) is 0 Å². The maximum atomic E-state index is 3.99. The normalized spacial score (nSPS) is 11.1. The molecule has 0 spiro atoms. The van der Waals surface area contributed by atoms with Gasteiger partial charge in [-0.15, -0.1) is 0 Å². The van der Waals surface area contributed by atoms with Crippen LogP contribution < -0.4 is 0 Å². The summed E-state index contributed by atoms with van der Waals surface area (Å²) in [6, 6.07) is 0. The molecule has 0 aromatic carbocycles. The quantitative estimate of drug-likeness (QED) is 0.418. The molecule has 60 valence electrons. The minimum absolute atomic E-state index is 1.01. The standard InChI is InChI=1S/C6H12N2.C2H6/c1-4-6(2)8-5-7-3;1-2/h5H,4H2,1-3H3;1-2H3. The van der Waals surface area contributed by atoms with Crippen LogP contribution in [0.4, 0.5) is 0 Å². The van der Waals surface area contributed by atoms with Crippen molar-refractivity contribution in [1.29, 1.82) is 0 Å². The lowest BCUT2D eigenvalue weighted by Crippen LogP contribution is -1.85. The first-order chi connectivity index (χ1) is 4.81. The van der Waals surface area contributed by atoms with Crippen molar-refractivity contribution < 1.29 is 0 Å². The van der Waals surface area contributed by atoms with Crippen LogP contribution in [-0.4, -0.2) is 19.1 Å². The van der Waals surface area contributed by atoms with Gasteiger partial charge in [0.2, 0.25) is 0 Å². The van der Waals surface area contributed by atoms with Crippen LogP contribution in [0.1, 0.15) is 34.1 Å². The first kappa shape index (κ1) is 12.1.